The number of hydrogen-bond acceptors (Lipinski definition) is 3. The topological polar surface area (TPSA) is 29.0 Å². The summed E-state index contributed by atoms with van der Waals surface area (Å²) in [5.41, 5.74) is -0.888. The number of halogens is 3. The van der Waals surface area contributed by atoms with E-state index in [2.05, 4.69) is 9.97 Å². The zero-order chi connectivity index (χ0) is 12.5. The molecule has 94 valence electrons. The molecule has 0 saturated heterocycles. The highest BCUT2D eigenvalue weighted by molar-refractivity contribution is 5.29. The predicted molar refractivity (Wildman–Crippen MR) is 57.6 cm³/mol. The van der Waals surface area contributed by atoms with Gasteiger partial charge in [-0.15, -0.1) is 0 Å². The van der Waals surface area contributed by atoms with E-state index >= 15 is 0 Å². The van der Waals surface area contributed by atoms with E-state index in [4.69, 9.17) is 0 Å². The average Bonchev–Trinajstić information content (AvgIpc) is 3.09. The highest BCUT2D eigenvalue weighted by Gasteiger charge is 2.33. The molecule has 0 amide bonds. The Labute approximate surface area is 97.7 Å². The Morgan fingerprint density at radius 1 is 1.41 bits per heavy atom. The van der Waals surface area contributed by atoms with E-state index in [1.165, 1.54) is 12.8 Å². The molecular weight excluding hydrogens is 231 g/mol. The third kappa shape index (κ3) is 3.31. The lowest BCUT2D eigenvalue weighted by Gasteiger charge is -2.17. The number of anilines is 1. The molecule has 17 heavy (non-hydrogen) atoms. The first-order valence-corrected chi connectivity index (χ1v) is 5.58. The van der Waals surface area contributed by atoms with Crippen molar-refractivity contribution in [3.8, 4) is 0 Å². The number of nitrogens with zero attached hydrogens (tertiary/aromatic N) is 3. The maximum Gasteiger partial charge on any atom is 0.433 e. The summed E-state index contributed by atoms with van der Waals surface area (Å²) >= 11 is 0. The van der Waals surface area contributed by atoms with Crippen molar-refractivity contribution in [2.45, 2.75) is 25.4 Å². The lowest BCUT2D eigenvalue weighted by Crippen LogP contribution is -2.22. The second kappa shape index (κ2) is 4.50. The highest BCUT2D eigenvalue weighted by Crippen LogP contribution is 2.32. The molecule has 1 aromatic rings. The van der Waals surface area contributed by atoms with Gasteiger partial charge in [0.15, 0.2) is 0 Å². The molecule has 2 rings (SSSR count). The molecular formula is C11H14F3N3. The van der Waals surface area contributed by atoms with Crippen LogP contribution in [0.15, 0.2) is 12.3 Å². The summed E-state index contributed by atoms with van der Waals surface area (Å²) < 4.78 is 37.3. The van der Waals surface area contributed by atoms with Crippen LogP contribution in [0.25, 0.3) is 0 Å². The summed E-state index contributed by atoms with van der Waals surface area (Å²) in [4.78, 5) is 9.07. The van der Waals surface area contributed by atoms with E-state index < -0.39 is 11.9 Å². The standard InChI is InChI=1S/C11H14F3N3/c1-17(7-5-8-2-3-8)10-15-6-4-9(16-10)11(12,13)14/h4,6,8H,2-3,5,7H2,1H3. The first-order chi connectivity index (χ1) is 7.97. The Morgan fingerprint density at radius 3 is 2.71 bits per heavy atom. The van der Waals surface area contributed by atoms with E-state index in [1.807, 2.05) is 0 Å². The van der Waals surface area contributed by atoms with Gasteiger partial charge in [0.25, 0.3) is 0 Å². The molecule has 0 spiro atoms. The second-order valence-corrected chi connectivity index (χ2v) is 4.39. The predicted octanol–water partition coefficient (Wildman–Crippen LogP) is 2.73. The van der Waals surface area contributed by atoms with Gasteiger partial charge in [0, 0.05) is 19.8 Å². The third-order valence-electron chi connectivity index (χ3n) is 2.84. The molecule has 0 aliphatic heterocycles. The number of rotatable bonds is 4. The minimum Gasteiger partial charge on any atom is -0.344 e. The Kier molecular flexibility index (Phi) is 3.22. The smallest absolute Gasteiger partial charge is 0.344 e. The normalized spacial score (nSPS) is 16.0. The molecule has 0 radical (unpaired) electrons. The van der Waals surface area contributed by atoms with Crippen LogP contribution in [0.5, 0.6) is 0 Å². The molecule has 0 N–H and O–H groups in total. The number of hydrogen-bond donors (Lipinski definition) is 0. The Morgan fingerprint density at radius 2 is 2.12 bits per heavy atom. The van der Waals surface area contributed by atoms with Crippen LogP contribution in [0.1, 0.15) is 25.0 Å². The van der Waals surface area contributed by atoms with Gasteiger partial charge >= 0.3 is 6.18 Å². The SMILES string of the molecule is CN(CCC1CC1)c1nccc(C(F)(F)F)n1. The van der Waals surface area contributed by atoms with E-state index in [-0.39, 0.29) is 5.95 Å². The fraction of sp³-hybridized carbons (Fsp3) is 0.636. The Hall–Kier alpha value is -1.33. The highest BCUT2D eigenvalue weighted by atomic mass is 19.4. The van der Waals surface area contributed by atoms with Crippen LogP contribution < -0.4 is 4.90 Å². The van der Waals surface area contributed by atoms with Crippen molar-refractivity contribution in [1.82, 2.24) is 9.97 Å². The van der Waals surface area contributed by atoms with E-state index in [1.54, 1.807) is 11.9 Å². The van der Waals surface area contributed by atoms with Gasteiger partial charge in [0.1, 0.15) is 5.69 Å². The minimum absolute atomic E-state index is 0.139. The zero-order valence-electron chi connectivity index (χ0n) is 9.54. The molecule has 3 nitrogen and oxygen atoms in total. The molecule has 0 aromatic carbocycles. The van der Waals surface area contributed by atoms with E-state index in [0.717, 1.165) is 24.6 Å². The first-order valence-electron chi connectivity index (χ1n) is 5.58. The molecule has 1 aliphatic rings. The Balaban J connectivity index is 2.03. The fourth-order valence-electron chi connectivity index (χ4n) is 1.57. The van der Waals surface area contributed by atoms with Crippen molar-refractivity contribution in [3.63, 3.8) is 0 Å². The molecule has 1 saturated carbocycles. The maximum atomic E-state index is 12.4. The van der Waals surface area contributed by atoms with Crippen molar-refractivity contribution in [2.24, 2.45) is 5.92 Å². The van der Waals surface area contributed by atoms with Gasteiger partial charge in [0.05, 0.1) is 0 Å². The van der Waals surface area contributed by atoms with Crippen molar-refractivity contribution in [2.75, 3.05) is 18.5 Å². The first kappa shape index (κ1) is 12.1. The summed E-state index contributed by atoms with van der Waals surface area (Å²) in [7, 11) is 1.72. The quantitative estimate of drug-likeness (QED) is 0.816. The summed E-state index contributed by atoms with van der Waals surface area (Å²) in [5, 5.41) is 0. The lowest BCUT2D eigenvalue weighted by atomic mass is 10.3. The molecule has 0 atom stereocenters. The van der Waals surface area contributed by atoms with Crippen molar-refractivity contribution >= 4 is 5.95 Å². The van der Waals surface area contributed by atoms with Crippen LogP contribution in [-0.2, 0) is 6.18 Å². The molecule has 0 bridgehead atoms. The second-order valence-electron chi connectivity index (χ2n) is 4.39. The van der Waals surface area contributed by atoms with Crippen LogP contribution in [0, 0.1) is 5.92 Å². The average molecular weight is 245 g/mol. The molecule has 1 fully saturated rings. The molecule has 0 unspecified atom stereocenters. The van der Waals surface area contributed by atoms with Crippen molar-refractivity contribution in [1.29, 1.82) is 0 Å². The van der Waals surface area contributed by atoms with Crippen molar-refractivity contribution < 1.29 is 13.2 Å². The van der Waals surface area contributed by atoms with Crippen LogP contribution in [0.2, 0.25) is 0 Å². The molecule has 6 heteroatoms. The van der Waals surface area contributed by atoms with Crippen molar-refractivity contribution in [3.05, 3.63) is 18.0 Å². The largest absolute Gasteiger partial charge is 0.433 e. The van der Waals surface area contributed by atoms with Gasteiger partial charge in [-0.05, 0) is 18.4 Å². The van der Waals surface area contributed by atoms with E-state index in [0.29, 0.717) is 6.54 Å². The maximum absolute atomic E-state index is 12.4. The van der Waals surface area contributed by atoms with Crippen LogP contribution in [0.3, 0.4) is 0 Å². The molecule has 1 aromatic heterocycles. The zero-order valence-corrected chi connectivity index (χ0v) is 9.54. The molecule has 1 aliphatic carbocycles. The number of aromatic nitrogens is 2. The van der Waals surface area contributed by atoms with Gasteiger partial charge < -0.3 is 4.90 Å². The monoisotopic (exact) mass is 245 g/mol. The Bertz CT molecular complexity index is 388. The minimum atomic E-state index is -4.41. The fourth-order valence-corrected chi connectivity index (χ4v) is 1.57. The van der Waals surface area contributed by atoms with E-state index in [9.17, 15) is 13.2 Å². The van der Waals surface area contributed by atoms with Gasteiger partial charge in [0.2, 0.25) is 5.95 Å². The van der Waals surface area contributed by atoms with Gasteiger partial charge in [-0.2, -0.15) is 13.2 Å². The van der Waals surface area contributed by atoms with Gasteiger partial charge in [-0.3, -0.25) is 0 Å². The summed E-state index contributed by atoms with van der Waals surface area (Å²) in [6.07, 6.45) is 0.207. The third-order valence-corrected chi connectivity index (χ3v) is 2.84. The van der Waals surface area contributed by atoms with Crippen LogP contribution >= 0.6 is 0 Å². The molecule has 1 heterocycles. The summed E-state index contributed by atoms with van der Waals surface area (Å²) in [6, 6.07) is 0.887. The number of alkyl halides is 3. The lowest BCUT2D eigenvalue weighted by molar-refractivity contribution is -0.141. The summed E-state index contributed by atoms with van der Waals surface area (Å²) in [6.45, 7) is 0.700. The van der Waals surface area contributed by atoms with Crippen LogP contribution in [0.4, 0.5) is 19.1 Å². The van der Waals surface area contributed by atoms with Crippen LogP contribution in [-0.4, -0.2) is 23.6 Å². The van der Waals surface area contributed by atoms with Gasteiger partial charge in [-0.1, -0.05) is 12.8 Å². The van der Waals surface area contributed by atoms with Gasteiger partial charge in [-0.25, -0.2) is 9.97 Å². The summed E-state index contributed by atoms with van der Waals surface area (Å²) in [5.74, 6) is 0.878.